The van der Waals surface area contributed by atoms with Crippen LogP contribution < -0.4 is 5.73 Å². The Bertz CT molecular complexity index is 209. The standard InChI is InChI=1S/C10H21N3O2/c1-2-7-15-8-6-13-5-3-4-9(13)10(11)12-14/h9,14H,2-8H2,1H3,(H2,11,12). The van der Waals surface area contributed by atoms with Crippen molar-refractivity contribution < 1.29 is 9.94 Å². The summed E-state index contributed by atoms with van der Waals surface area (Å²) in [5.41, 5.74) is 5.62. The van der Waals surface area contributed by atoms with Crippen molar-refractivity contribution in [1.82, 2.24) is 4.90 Å². The van der Waals surface area contributed by atoms with Gasteiger partial charge in [-0.25, -0.2) is 0 Å². The molecule has 0 aromatic heterocycles. The van der Waals surface area contributed by atoms with Crippen LogP contribution in [0.4, 0.5) is 0 Å². The van der Waals surface area contributed by atoms with Crippen LogP contribution in [0.2, 0.25) is 0 Å². The lowest BCUT2D eigenvalue weighted by molar-refractivity contribution is 0.106. The Morgan fingerprint density at radius 3 is 3.07 bits per heavy atom. The maximum absolute atomic E-state index is 8.63. The molecule has 1 fully saturated rings. The first-order valence-electron chi connectivity index (χ1n) is 5.58. The zero-order chi connectivity index (χ0) is 11.1. The van der Waals surface area contributed by atoms with Crippen molar-refractivity contribution in [2.45, 2.75) is 32.2 Å². The first kappa shape index (κ1) is 12.3. The minimum Gasteiger partial charge on any atom is -0.409 e. The summed E-state index contributed by atoms with van der Waals surface area (Å²) in [6.07, 6.45) is 3.13. The Balaban J connectivity index is 2.27. The zero-order valence-electron chi connectivity index (χ0n) is 9.35. The molecule has 0 saturated carbocycles. The van der Waals surface area contributed by atoms with Crippen molar-refractivity contribution in [2.24, 2.45) is 10.9 Å². The van der Waals surface area contributed by atoms with Gasteiger partial charge in [0, 0.05) is 13.2 Å². The Hall–Kier alpha value is -0.810. The molecule has 15 heavy (non-hydrogen) atoms. The Morgan fingerprint density at radius 2 is 2.40 bits per heavy atom. The quantitative estimate of drug-likeness (QED) is 0.224. The van der Waals surface area contributed by atoms with Gasteiger partial charge in [-0.3, -0.25) is 4.90 Å². The van der Waals surface area contributed by atoms with Crippen LogP contribution in [0.15, 0.2) is 5.16 Å². The molecular formula is C10H21N3O2. The zero-order valence-corrected chi connectivity index (χ0v) is 9.35. The Kier molecular flexibility index (Phi) is 5.42. The van der Waals surface area contributed by atoms with Crippen molar-refractivity contribution in [3.05, 3.63) is 0 Å². The minimum absolute atomic E-state index is 0.0974. The van der Waals surface area contributed by atoms with Crippen LogP contribution in [0.1, 0.15) is 26.2 Å². The highest BCUT2D eigenvalue weighted by Crippen LogP contribution is 2.16. The number of rotatable bonds is 6. The van der Waals surface area contributed by atoms with Gasteiger partial charge in [0.1, 0.15) is 0 Å². The molecule has 0 radical (unpaired) electrons. The highest BCUT2D eigenvalue weighted by Gasteiger charge is 2.27. The average Bonchev–Trinajstić information content (AvgIpc) is 2.71. The van der Waals surface area contributed by atoms with E-state index in [-0.39, 0.29) is 6.04 Å². The maximum Gasteiger partial charge on any atom is 0.156 e. The third kappa shape index (κ3) is 3.68. The SMILES string of the molecule is CCCOCCN1CCCC1C(N)=NO. The van der Waals surface area contributed by atoms with Crippen LogP contribution in [0, 0.1) is 0 Å². The molecule has 1 heterocycles. The molecule has 3 N–H and O–H groups in total. The predicted molar refractivity (Wildman–Crippen MR) is 59.1 cm³/mol. The van der Waals surface area contributed by atoms with Crippen molar-refractivity contribution in [1.29, 1.82) is 0 Å². The number of nitrogens with zero attached hydrogens (tertiary/aromatic N) is 2. The lowest BCUT2D eigenvalue weighted by atomic mass is 10.2. The van der Waals surface area contributed by atoms with E-state index in [0.717, 1.165) is 45.6 Å². The minimum atomic E-state index is 0.0974. The third-order valence-corrected chi connectivity index (χ3v) is 2.69. The second kappa shape index (κ2) is 6.63. The highest BCUT2D eigenvalue weighted by molar-refractivity contribution is 5.85. The van der Waals surface area contributed by atoms with Crippen molar-refractivity contribution in [3.63, 3.8) is 0 Å². The molecule has 1 aliphatic rings. The molecule has 0 aromatic carbocycles. The number of hydrogen-bond acceptors (Lipinski definition) is 4. The molecule has 1 atom stereocenters. The van der Waals surface area contributed by atoms with Gasteiger partial charge in [0.05, 0.1) is 12.6 Å². The van der Waals surface area contributed by atoms with Crippen LogP contribution >= 0.6 is 0 Å². The maximum atomic E-state index is 8.63. The lowest BCUT2D eigenvalue weighted by Crippen LogP contribution is -2.42. The van der Waals surface area contributed by atoms with E-state index in [1.54, 1.807) is 0 Å². The third-order valence-electron chi connectivity index (χ3n) is 2.69. The molecular weight excluding hydrogens is 194 g/mol. The van der Waals surface area contributed by atoms with Crippen LogP contribution in [-0.4, -0.2) is 48.3 Å². The van der Waals surface area contributed by atoms with Gasteiger partial charge in [0.15, 0.2) is 5.84 Å². The summed E-state index contributed by atoms with van der Waals surface area (Å²) in [7, 11) is 0. The van der Waals surface area contributed by atoms with E-state index in [0.29, 0.717) is 5.84 Å². The molecule has 0 amide bonds. The number of ether oxygens (including phenoxy) is 1. The van der Waals surface area contributed by atoms with E-state index in [4.69, 9.17) is 15.7 Å². The summed E-state index contributed by atoms with van der Waals surface area (Å²) < 4.78 is 5.42. The summed E-state index contributed by atoms with van der Waals surface area (Å²) >= 11 is 0. The number of likely N-dealkylation sites (tertiary alicyclic amines) is 1. The Labute approximate surface area is 90.9 Å². The summed E-state index contributed by atoms with van der Waals surface area (Å²) in [5, 5.41) is 11.7. The molecule has 88 valence electrons. The lowest BCUT2D eigenvalue weighted by Gasteiger charge is -2.22. The first-order valence-corrected chi connectivity index (χ1v) is 5.58. The summed E-state index contributed by atoms with van der Waals surface area (Å²) in [4.78, 5) is 2.21. The van der Waals surface area contributed by atoms with Gasteiger partial charge < -0.3 is 15.7 Å². The molecule has 5 heteroatoms. The molecule has 0 aromatic rings. The van der Waals surface area contributed by atoms with Gasteiger partial charge in [0.2, 0.25) is 0 Å². The van der Waals surface area contributed by atoms with E-state index < -0.39 is 0 Å². The van der Waals surface area contributed by atoms with E-state index >= 15 is 0 Å². The second-order valence-corrected chi connectivity index (χ2v) is 3.83. The fourth-order valence-electron chi connectivity index (χ4n) is 1.92. The van der Waals surface area contributed by atoms with E-state index in [9.17, 15) is 0 Å². The average molecular weight is 215 g/mol. The highest BCUT2D eigenvalue weighted by atomic mass is 16.5. The molecule has 5 nitrogen and oxygen atoms in total. The molecule has 0 spiro atoms. The van der Waals surface area contributed by atoms with Gasteiger partial charge in [0.25, 0.3) is 0 Å². The van der Waals surface area contributed by atoms with Crippen LogP contribution in [0.3, 0.4) is 0 Å². The van der Waals surface area contributed by atoms with Crippen LogP contribution in [-0.2, 0) is 4.74 Å². The van der Waals surface area contributed by atoms with Gasteiger partial charge in [-0.05, 0) is 25.8 Å². The number of nitrogens with two attached hydrogens (primary N) is 1. The van der Waals surface area contributed by atoms with Crippen LogP contribution in [0.25, 0.3) is 0 Å². The first-order chi connectivity index (χ1) is 7.29. The fraction of sp³-hybridized carbons (Fsp3) is 0.900. The molecule has 1 unspecified atom stereocenters. The summed E-state index contributed by atoms with van der Waals surface area (Å²) in [6, 6.07) is 0.0974. The van der Waals surface area contributed by atoms with Crippen molar-refractivity contribution in [3.8, 4) is 0 Å². The van der Waals surface area contributed by atoms with Crippen LogP contribution in [0.5, 0.6) is 0 Å². The summed E-state index contributed by atoms with van der Waals surface area (Å²) in [5.74, 6) is 0.322. The van der Waals surface area contributed by atoms with Gasteiger partial charge >= 0.3 is 0 Å². The van der Waals surface area contributed by atoms with Crippen molar-refractivity contribution in [2.75, 3.05) is 26.3 Å². The van der Waals surface area contributed by atoms with E-state index in [1.807, 2.05) is 0 Å². The van der Waals surface area contributed by atoms with E-state index in [1.165, 1.54) is 0 Å². The number of oxime groups is 1. The molecule has 1 saturated heterocycles. The molecule has 0 aliphatic carbocycles. The number of hydrogen-bond donors (Lipinski definition) is 2. The smallest absolute Gasteiger partial charge is 0.156 e. The largest absolute Gasteiger partial charge is 0.409 e. The molecule has 1 aliphatic heterocycles. The van der Waals surface area contributed by atoms with Gasteiger partial charge in [-0.15, -0.1) is 0 Å². The van der Waals surface area contributed by atoms with E-state index in [2.05, 4.69) is 17.0 Å². The normalized spacial score (nSPS) is 23.5. The second-order valence-electron chi connectivity index (χ2n) is 3.83. The number of amidine groups is 1. The molecule has 0 bridgehead atoms. The van der Waals surface area contributed by atoms with Gasteiger partial charge in [-0.1, -0.05) is 12.1 Å². The summed E-state index contributed by atoms with van der Waals surface area (Å²) in [6.45, 7) is 5.50. The topological polar surface area (TPSA) is 71.1 Å². The monoisotopic (exact) mass is 215 g/mol. The Morgan fingerprint density at radius 1 is 1.60 bits per heavy atom. The predicted octanol–water partition coefficient (Wildman–Crippen LogP) is 0.624. The van der Waals surface area contributed by atoms with Crippen molar-refractivity contribution >= 4 is 5.84 Å². The van der Waals surface area contributed by atoms with Gasteiger partial charge in [-0.2, -0.15) is 0 Å². The molecule has 1 rings (SSSR count). The fourth-order valence-corrected chi connectivity index (χ4v) is 1.92.